The summed E-state index contributed by atoms with van der Waals surface area (Å²) in [6.45, 7) is 2.20. The van der Waals surface area contributed by atoms with E-state index in [9.17, 15) is 13.6 Å². The van der Waals surface area contributed by atoms with Crippen LogP contribution in [0.1, 0.15) is 24.2 Å². The molecule has 1 N–H and O–H groups in total. The highest BCUT2D eigenvalue weighted by atomic mass is 32.1. The molecule has 0 aliphatic carbocycles. The van der Waals surface area contributed by atoms with Gasteiger partial charge in [0, 0.05) is 29.9 Å². The lowest BCUT2D eigenvalue weighted by molar-refractivity contribution is -0.142. The molecule has 0 unspecified atom stereocenters. The van der Waals surface area contributed by atoms with Crippen LogP contribution in [0.4, 0.5) is 8.78 Å². The SMILES string of the molecule is CCOC(=O)Cc1c[nH]c(=S)n1[C@H]1COc2c(F)cc(F)cc2C1. The number of carbonyl (C=O) groups excluding carboxylic acids is 1. The third-order valence-electron chi connectivity index (χ3n) is 3.85. The number of benzene rings is 1. The molecule has 1 aromatic carbocycles. The van der Waals surface area contributed by atoms with E-state index in [1.54, 1.807) is 17.7 Å². The Balaban J connectivity index is 1.89. The minimum atomic E-state index is -0.715. The maximum Gasteiger partial charge on any atom is 0.311 e. The number of hydrogen-bond donors (Lipinski definition) is 1. The molecule has 5 nitrogen and oxygen atoms in total. The number of halogens is 2. The highest BCUT2D eigenvalue weighted by Crippen LogP contribution is 2.33. The molecule has 0 spiro atoms. The smallest absolute Gasteiger partial charge is 0.311 e. The van der Waals surface area contributed by atoms with Crippen LogP contribution in [0.2, 0.25) is 0 Å². The number of fused-ring (bicyclic) bond motifs is 1. The maximum atomic E-state index is 13.8. The van der Waals surface area contributed by atoms with E-state index in [1.165, 1.54) is 6.07 Å². The zero-order valence-electron chi connectivity index (χ0n) is 13.0. The molecule has 1 atom stereocenters. The number of carbonyl (C=O) groups is 1. The monoisotopic (exact) mass is 354 g/mol. The fraction of sp³-hybridized carbons (Fsp3) is 0.375. The van der Waals surface area contributed by atoms with Crippen molar-refractivity contribution >= 4 is 18.2 Å². The van der Waals surface area contributed by atoms with E-state index in [1.807, 2.05) is 0 Å². The molecule has 1 aliphatic rings. The van der Waals surface area contributed by atoms with Crippen molar-refractivity contribution in [3.05, 3.63) is 46.0 Å². The number of H-pyrrole nitrogens is 1. The Labute approximate surface area is 142 Å². The van der Waals surface area contributed by atoms with Gasteiger partial charge in [-0.05, 0) is 25.2 Å². The average molecular weight is 354 g/mol. The van der Waals surface area contributed by atoms with E-state index in [-0.39, 0.29) is 30.8 Å². The number of ether oxygens (including phenoxy) is 2. The van der Waals surface area contributed by atoms with Crippen molar-refractivity contribution in [2.45, 2.75) is 25.8 Å². The zero-order valence-corrected chi connectivity index (χ0v) is 13.8. The van der Waals surface area contributed by atoms with Gasteiger partial charge < -0.3 is 19.0 Å². The van der Waals surface area contributed by atoms with Crippen molar-refractivity contribution in [2.75, 3.05) is 13.2 Å². The number of nitrogens with one attached hydrogen (secondary N) is 1. The van der Waals surface area contributed by atoms with Gasteiger partial charge in [-0.1, -0.05) is 0 Å². The molecule has 0 fully saturated rings. The molecule has 0 saturated carbocycles. The lowest BCUT2D eigenvalue weighted by atomic mass is 10.0. The van der Waals surface area contributed by atoms with Crippen molar-refractivity contribution in [1.29, 1.82) is 0 Å². The first-order valence-electron chi connectivity index (χ1n) is 7.54. The number of aromatic nitrogens is 2. The second-order valence-corrected chi connectivity index (χ2v) is 5.87. The molecule has 0 amide bonds. The Morgan fingerprint density at radius 3 is 3.04 bits per heavy atom. The molecule has 2 aromatic rings. The van der Waals surface area contributed by atoms with Gasteiger partial charge in [-0.25, -0.2) is 8.78 Å². The van der Waals surface area contributed by atoms with Crippen molar-refractivity contribution < 1.29 is 23.0 Å². The number of rotatable bonds is 4. The van der Waals surface area contributed by atoms with E-state index in [2.05, 4.69) is 4.98 Å². The molecule has 0 radical (unpaired) electrons. The van der Waals surface area contributed by atoms with Crippen molar-refractivity contribution in [1.82, 2.24) is 9.55 Å². The number of hydrogen-bond acceptors (Lipinski definition) is 4. The van der Waals surface area contributed by atoms with Crippen LogP contribution in [0.25, 0.3) is 0 Å². The summed E-state index contributed by atoms with van der Waals surface area (Å²) in [4.78, 5) is 14.6. The molecule has 0 saturated heterocycles. The van der Waals surface area contributed by atoms with Crippen LogP contribution in [-0.2, 0) is 22.4 Å². The summed E-state index contributed by atoms with van der Waals surface area (Å²) in [5, 5.41) is 0. The van der Waals surface area contributed by atoms with Gasteiger partial charge in [-0.2, -0.15) is 0 Å². The standard InChI is InChI=1S/C16H16F2N2O3S/c1-2-22-14(21)6-11-7-19-16(24)20(11)12-4-9-3-10(17)5-13(18)15(9)23-8-12/h3,5,7,12H,2,4,6,8H2,1H3,(H,19,24)/t12-/m1/s1. The second-order valence-electron chi connectivity index (χ2n) is 5.48. The summed E-state index contributed by atoms with van der Waals surface area (Å²) in [6.07, 6.45) is 2.05. The second kappa shape index (κ2) is 6.72. The summed E-state index contributed by atoms with van der Waals surface area (Å²) < 4.78 is 39.8. The van der Waals surface area contributed by atoms with Crippen LogP contribution < -0.4 is 4.74 Å². The fourth-order valence-electron chi connectivity index (χ4n) is 2.90. The minimum absolute atomic E-state index is 0.0574. The van der Waals surface area contributed by atoms with Gasteiger partial charge in [0.2, 0.25) is 0 Å². The number of aromatic amines is 1. The van der Waals surface area contributed by atoms with Gasteiger partial charge in [0.15, 0.2) is 16.3 Å². The Hall–Kier alpha value is -2.22. The Morgan fingerprint density at radius 2 is 2.29 bits per heavy atom. The van der Waals surface area contributed by atoms with Crippen LogP contribution in [0, 0.1) is 16.4 Å². The first-order chi connectivity index (χ1) is 11.5. The van der Waals surface area contributed by atoms with Gasteiger partial charge in [-0.15, -0.1) is 0 Å². The molecular weight excluding hydrogens is 338 g/mol. The number of imidazole rings is 1. The largest absolute Gasteiger partial charge is 0.488 e. The molecule has 24 heavy (non-hydrogen) atoms. The van der Waals surface area contributed by atoms with Gasteiger partial charge in [0.1, 0.15) is 12.4 Å². The quantitative estimate of drug-likeness (QED) is 0.677. The third kappa shape index (κ3) is 3.19. The summed E-state index contributed by atoms with van der Waals surface area (Å²) >= 11 is 5.27. The summed E-state index contributed by atoms with van der Waals surface area (Å²) in [5.74, 6) is -1.66. The number of nitrogens with zero attached hydrogens (tertiary/aromatic N) is 1. The first-order valence-corrected chi connectivity index (χ1v) is 7.95. The van der Waals surface area contributed by atoms with E-state index in [0.717, 1.165) is 6.07 Å². The van der Waals surface area contributed by atoms with Crippen LogP contribution in [-0.4, -0.2) is 28.7 Å². The number of esters is 1. The molecule has 8 heteroatoms. The molecular formula is C16H16F2N2O3S. The first kappa shape index (κ1) is 16.6. The molecule has 1 aliphatic heterocycles. The van der Waals surface area contributed by atoms with Crippen molar-refractivity contribution in [3.63, 3.8) is 0 Å². The third-order valence-corrected chi connectivity index (χ3v) is 4.16. The minimum Gasteiger partial charge on any atom is -0.488 e. The highest BCUT2D eigenvalue weighted by molar-refractivity contribution is 7.71. The molecule has 128 valence electrons. The van der Waals surface area contributed by atoms with E-state index < -0.39 is 11.6 Å². The van der Waals surface area contributed by atoms with Crippen LogP contribution >= 0.6 is 12.2 Å². The Morgan fingerprint density at radius 1 is 1.50 bits per heavy atom. The van der Waals surface area contributed by atoms with Gasteiger partial charge >= 0.3 is 5.97 Å². The van der Waals surface area contributed by atoms with Crippen molar-refractivity contribution in [2.24, 2.45) is 0 Å². The van der Waals surface area contributed by atoms with Gasteiger partial charge in [-0.3, -0.25) is 4.79 Å². The van der Waals surface area contributed by atoms with Crippen LogP contribution in [0.15, 0.2) is 18.3 Å². The molecule has 2 heterocycles. The highest BCUT2D eigenvalue weighted by Gasteiger charge is 2.27. The van der Waals surface area contributed by atoms with E-state index >= 15 is 0 Å². The topological polar surface area (TPSA) is 56.2 Å². The van der Waals surface area contributed by atoms with Crippen molar-refractivity contribution in [3.8, 4) is 5.75 Å². The lowest BCUT2D eigenvalue weighted by Gasteiger charge is -2.27. The lowest BCUT2D eigenvalue weighted by Crippen LogP contribution is -2.27. The van der Waals surface area contributed by atoms with Gasteiger partial charge in [0.25, 0.3) is 0 Å². The zero-order chi connectivity index (χ0) is 17.3. The summed E-state index contributed by atoms with van der Waals surface area (Å²) in [5.41, 5.74) is 1.08. The Kier molecular flexibility index (Phi) is 4.66. The normalized spacial score (nSPS) is 16.4. The molecule has 3 rings (SSSR count). The van der Waals surface area contributed by atoms with E-state index in [0.29, 0.717) is 29.1 Å². The summed E-state index contributed by atoms with van der Waals surface area (Å²) in [7, 11) is 0. The molecule has 1 aromatic heterocycles. The molecule has 0 bridgehead atoms. The predicted octanol–water partition coefficient (Wildman–Crippen LogP) is 3.11. The fourth-order valence-corrected chi connectivity index (χ4v) is 3.22. The predicted molar refractivity (Wildman–Crippen MR) is 84.5 cm³/mol. The van der Waals surface area contributed by atoms with Gasteiger partial charge in [0.05, 0.1) is 19.1 Å². The maximum absolute atomic E-state index is 13.8. The summed E-state index contributed by atoms with van der Waals surface area (Å²) in [6, 6.07) is 1.79. The van der Waals surface area contributed by atoms with Crippen LogP contribution in [0.3, 0.4) is 0 Å². The van der Waals surface area contributed by atoms with Crippen LogP contribution in [0.5, 0.6) is 5.75 Å². The average Bonchev–Trinajstić information content (AvgIpc) is 2.87. The Bertz CT molecular complexity index is 831. The van der Waals surface area contributed by atoms with E-state index in [4.69, 9.17) is 21.7 Å².